The van der Waals surface area contributed by atoms with Crippen molar-refractivity contribution in [1.82, 2.24) is 0 Å². The Kier molecular flexibility index (Phi) is 1.99. The van der Waals surface area contributed by atoms with Crippen LogP contribution in [0.25, 0.3) is 11.0 Å². The summed E-state index contributed by atoms with van der Waals surface area (Å²) < 4.78 is 3.87. The van der Waals surface area contributed by atoms with Gasteiger partial charge in [0.25, 0.3) is 0 Å². The fourth-order valence-corrected chi connectivity index (χ4v) is 2.25. The van der Waals surface area contributed by atoms with Crippen LogP contribution in [-0.4, -0.2) is 5.71 Å². The maximum absolute atomic E-state index is 4.02. The molecule has 3 rings (SSSR count). The Labute approximate surface area is 90.7 Å². The van der Waals surface area contributed by atoms with Gasteiger partial charge < -0.3 is 0 Å². The molecule has 15 heavy (non-hydrogen) atoms. The van der Waals surface area contributed by atoms with Crippen LogP contribution < -0.4 is 10.4 Å². The molecule has 72 valence electrons. The van der Waals surface area contributed by atoms with Gasteiger partial charge in [-0.3, -0.25) is 0 Å². The second kappa shape index (κ2) is 3.47. The lowest BCUT2D eigenvalue weighted by atomic mass is 10.2. The molecule has 3 nitrogen and oxygen atoms in total. The quantitative estimate of drug-likeness (QED) is 0.603. The molecular weight excluding hydrogens is 206 g/mol. The molecule has 0 N–H and O–H groups in total. The molecule has 0 saturated carbocycles. The summed E-state index contributed by atoms with van der Waals surface area (Å²) >= 11 is 1.38. The zero-order chi connectivity index (χ0) is 10.1. The van der Waals surface area contributed by atoms with E-state index in [0.29, 0.717) is 0 Å². The SMILES string of the molecule is C1=CC2=NN=NSC2=c2ccccc2=C1. The lowest BCUT2D eigenvalue weighted by Gasteiger charge is -2.04. The first-order chi connectivity index (χ1) is 7.45. The smallest absolute Gasteiger partial charge is 0.104 e. The lowest BCUT2D eigenvalue weighted by Crippen LogP contribution is -2.26. The van der Waals surface area contributed by atoms with E-state index in [-0.39, 0.29) is 0 Å². The molecule has 1 aromatic carbocycles. The monoisotopic (exact) mass is 213 g/mol. The molecule has 1 heterocycles. The Balaban J connectivity index is 2.45. The molecule has 0 radical (unpaired) electrons. The molecule has 0 amide bonds. The Morgan fingerprint density at radius 3 is 3.07 bits per heavy atom. The highest BCUT2D eigenvalue weighted by Crippen LogP contribution is 2.24. The van der Waals surface area contributed by atoms with Crippen molar-refractivity contribution >= 4 is 28.6 Å². The van der Waals surface area contributed by atoms with Gasteiger partial charge >= 0.3 is 0 Å². The molecule has 0 bridgehead atoms. The van der Waals surface area contributed by atoms with Gasteiger partial charge in [0.1, 0.15) is 5.71 Å². The Hall–Kier alpha value is -1.68. The van der Waals surface area contributed by atoms with Crippen LogP contribution in [0.4, 0.5) is 0 Å². The Morgan fingerprint density at radius 1 is 1.13 bits per heavy atom. The summed E-state index contributed by atoms with van der Waals surface area (Å²) in [6.07, 6.45) is 6.02. The molecule has 0 fully saturated rings. The minimum atomic E-state index is 0.885. The fourth-order valence-electron chi connectivity index (χ4n) is 1.61. The van der Waals surface area contributed by atoms with Gasteiger partial charge in [0.15, 0.2) is 0 Å². The average Bonchev–Trinajstić information content (AvgIpc) is 2.48. The van der Waals surface area contributed by atoms with Gasteiger partial charge in [-0.1, -0.05) is 40.9 Å². The first kappa shape index (κ1) is 8.61. The van der Waals surface area contributed by atoms with Crippen LogP contribution in [-0.2, 0) is 0 Å². The second-order valence-corrected chi connectivity index (χ2v) is 3.94. The third-order valence-electron chi connectivity index (χ3n) is 2.29. The number of benzene rings is 1. The van der Waals surface area contributed by atoms with Gasteiger partial charge in [-0.05, 0) is 21.7 Å². The van der Waals surface area contributed by atoms with E-state index in [1.54, 1.807) is 0 Å². The molecule has 0 saturated heterocycles. The van der Waals surface area contributed by atoms with Crippen molar-refractivity contribution in [2.75, 3.05) is 0 Å². The van der Waals surface area contributed by atoms with E-state index in [1.807, 2.05) is 24.3 Å². The van der Waals surface area contributed by atoms with Crippen LogP contribution in [0.15, 0.2) is 51.3 Å². The maximum atomic E-state index is 4.02. The van der Waals surface area contributed by atoms with E-state index in [4.69, 9.17) is 0 Å². The van der Waals surface area contributed by atoms with Crippen molar-refractivity contribution in [3.05, 3.63) is 46.9 Å². The van der Waals surface area contributed by atoms with Crippen molar-refractivity contribution in [3.63, 3.8) is 0 Å². The average molecular weight is 213 g/mol. The molecule has 2 aliphatic rings. The zero-order valence-corrected chi connectivity index (χ0v) is 8.61. The van der Waals surface area contributed by atoms with Gasteiger partial charge in [0.05, 0.1) is 4.91 Å². The van der Waals surface area contributed by atoms with Crippen molar-refractivity contribution in [3.8, 4) is 0 Å². The van der Waals surface area contributed by atoms with E-state index in [2.05, 4.69) is 33.1 Å². The summed E-state index contributed by atoms with van der Waals surface area (Å²) in [5.74, 6) is 0. The Bertz CT molecular complexity index is 611. The molecule has 1 aliphatic heterocycles. The van der Waals surface area contributed by atoms with E-state index >= 15 is 0 Å². The van der Waals surface area contributed by atoms with Crippen LogP contribution in [0.1, 0.15) is 0 Å². The van der Waals surface area contributed by atoms with Crippen molar-refractivity contribution in [2.45, 2.75) is 0 Å². The predicted octanol–water partition coefficient (Wildman–Crippen LogP) is 1.62. The van der Waals surface area contributed by atoms with E-state index in [9.17, 15) is 0 Å². The molecule has 0 aromatic heterocycles. The summed E-state index contributed by atoms with van der Waals surface area (Å²) in [6.45, 7) is 0. The number of allylic oxidation sites excluding steroid dienone is 2. The van der Waals surface area contributed by atoms with Gasteiger partial charge in [-0.2, -0.15) is 0 Å². The summed E-state index contributed by atoms with van der Waals surface area (Å²) in [5.41, 5.74) is 0.885. The standard InChI is InChI=1S/C11H7N3S/c1-2-6-9-8(4-1)5-3-7-10-11(9)15-14-13-12-10/h1-7H. The van der Waals surface area contributed by atoms with Gasteiger partial charge in [0, 0.05) is 11.9 Å². The summed E-state index contributed by atoms with van der Waals surface area (Å²) in [7, 11) is 0. The van der Waals surface area contributed by atoms with Crippen LogP contribution in [0.5, 0.6) is 0 Å². The summed E-state index contributed by atoms with van der Waals surface area (Å²) in [6, 6.07) is 8.22. The van der Waals surface area contributed by atoms with Crippen LogP contribution >= 0.6 is 11.9 Å². The third-order valence-corrected chi connectivity index (χ3v) is 3.06. The summed E-state index contributed by atoms with van der Waals surface area (Å²) in [5, 5.41) is 10.1. The van der Waals surface area contributed by atoms with Crippen molar-refractivity contribution in [2.24, 2.45) is 14.8 Å². The number of rotatable bonds is 0. The largest absolute Gasteiger partial charge is 0.129 e. The van der Waals surface area contributed by atoms with Gasteiger partial charge in [-0.25, -0.2) is 0 Å². The van der Waals surface area contributed by atoms with Crippen molar-refractivity contribution < 1.29 is 0 Å². The molecule has 0 spiro atoms. The number of hydrogen-bond donors (Lipinski definition) is 0. The normalized spacial score (nSPS) is 17.3. The fraction of sp³-hybridized carbons (Fsp3) is 0. The molecular formula is C11H7N3S. The minimum absolute atomic E-state index is 0.885. The molecule has 1 aromatic rings. The van der Waals surface area contributed by atoms with Crippen molar-refractivity contribution in [1.29, 1.82) is 0 Å². The highest BCUT2D eigenvalue weighted by molar-refractivity contribution is 8.08. The number of hydrogen-bond acceptors (Lipinski definition) is 4. The highest BCUT2D eigenvalue weighted by Gasteiger charge is 2.11. The van der Waals surface area contributed by atoms with E-state index in [0.717, 1.165) is 10.6 Å². The first-order valence-corrected chi connectivity index (χ1v) is 5.36. The zero-order valence-electron chi connectivity index (χ0n) is 7.79. The second-order valence-electron chi connectivity index (χ2n) is 3.19. The van der Waals surface area contributed by atoms with E-state index < -0.39 is 0 Å². The van der Waals surface area contributed by atoms with Crippen LogP contribution in [0.3, 0.4) is 0 Å². The Morgan fingerprint density at radius 2 is 2.07 bits per heavy atom. The molecule has 1 aliphatic carbocycles. The van der Waals surface area contributed by atoms with Gasteiger partial charge in [-0.15, -0.1) is 5.10 Å². The highest BCUT2D eigenvalue weighted by atomic mass is 32.2. The van der Waals surface area contributed by atoms with Crippen LogP contribution in [0, 0.1) is 0 Å². The van der Waals surface area contributed by atoms with E-state index in [1.165, 1.54) is 22.4 Å². The molecule has 0 unspecified atom stereocenters. The summed E-state index contributed by atoms with van der Waals surface area (Å²) in [4.78, 5) is 1.07. The topological polar surface area (TPSA) is 37.1 Å². The molecule has 0 atom stereocenters. The third kappa shape index (κ3) is 1.43. The predicted molar refractivity (Wildman–Crippen MR) is 62.6 cm³/mol. The number of nitrogens with zero attached hydrogens (tertiary/aromatic N) is 3. The van der Waals surface area contributed by atoms with Crippen LogP contribution in [0.2, 0.25) is 0 Å². The lowest BCUT2D eigenvalue weighted by molar-refractivity contribution is 1.11. The minimum Gasteiger partial charge on any atom is -0.129 e. The molecule has 4 heteroatoms. The number of fused-ring (bicyclic) bond motifs is 2. The first-order valence-electron chi connectivity index (χ1n) is 4.58. The maximum Gasteiger partial charge on any atom is 0.104 e. The van der Waals surface area contributed by atoms with Gasteiger partial charge in [0.2, 0.25) is 0 Å².